The summed E-state index contributed by atoms with van der Waals surface area (Å²) < 4.78 is 0. The molecule has 17 heavy (non-hydrogen) atoms. The minimum Gasteiger partial charge on any atom is -0.388 e. The van der Waals surface area contributed by atoms with Crippen LogP contribution in [0.2, 0.25) is 0 Å². The van der Waals surface area contributed by atoms with Gasteiger partial charge in [0.05, 0.1) is 6.10 Å². The smallest absolute Gasteiger partial charge is 0.0800 e. The molecule has 0 amide bonds. The zero-order chi connectivity index (χ0) is 12.5. The molecule has 1 aromatic rings. The van der Waals surface area contributed by atoms with Gasteiger partial charge in [0, 0.05) is 4.88 Å². The highest BCUT2D eigenvalue weighted by molar-refractivity contribution is 7.10. The van der Waals surface area contributed by atoms with E-state index in [0.717, 1.165) is 18.4 Å². The minimum absolute atomic E-state index is 0.239. The summed E-state index contributed by atoms with van der Waals surface area (Å²) >= 11 is 1.73. The van der Waals surface area contributed by atoms with Gasteiger partial charge >= 0.3 is 0 Å². The van der Waals surface area contributed by atoms with E-state index >= 15 is 0 Å². The number of rotatable bonds is 9. The predicted octanol–water partition coefficient (Wildman–Crippen LogP) is 5.23. The minimum atomic E-state index is -0.239. The number of aryl methyl sites for hydroxylation is 1. The van der Waals surface area contributed by atoms with E-state index in [1.807, 2.05) is 0 Å². The fourth-order valence-corrected chi connectivity index (χ4v) is 2.95. The Hall–Kier alpha value is -0.340. The van der Waals surface area contributed by atoms with Gasteiger partial charge in [-0.25, -0.2) is 0 Å². The molecule has 0 saturated heterocycles. The van der Waals surface area contributed by atoms with Crippen LogP contribution in [0, 0.1) is 6.92 Å². The van der Waals surface area contributed by atoms with Crippen LogP contribution in [0.5, 0.6) is 0 Å². The lowest BCUT2D eigenvalue weighted by Crippen LogP contribution is -1.97. The number of hydrogen-bond donors (Lipinski definition) is 1. The normalized spacial score (nSPS) is 12.9. The summed E-state index contributed by atoms with van der Waals surface area (Å²) in [6, 6.07) is 2.06. The maximum atomic E-state index is 10.0. The van der Waals surface area contributed by atoms with Gasteiger partial charge in [-0.05, 0) is 30.4 Å². The summed E-state index contributed by atoms with van der Waals surface area (Å²) in [5, 5.41) is 12.1. The van der Waals surface area contributed by atoms with Crippen molar-refractivity contribution in [1.29, 1.82) is 0 Å². The average molecular weight is 254 g/mol. The van der Waals surface area contributed by atoms with Gasteiger partial charge in [0.15, 0.2) is 0 Å². The van der Waals surface area contributed by atoms with Gasteiger partial charge in [0.2, 0.25) is 0 Å². The molecule has 1 rings (SSSR count). The Labute approximate surface area is 110 Å². The summed E-state index contributed by atoms with van der Waals surface area (Å²) in [6.07, 6.45) is 9.86. The Morgan fingerprint density at radius 1 is 1.12 bits per heavy atom. The van der Waals surface area contributed by atoms with Gasteiger partial charge in [-0.3, -0.25) is 0 Å². The largest absolute Gasteiger partial charge is 0.388 e. The fourth-order valence-electron chi connectivity index (χ4n) is 2.19. The lowest BCUT2D eigenvalue weighted by Gasteiger charge is -2.10. The summed E-state index contributed by atoms with van der Waals surface area (Å²) in [5.74, 6) is 0. The first-order valence-electron chi connectivity index (χ1n) is 6.97. The molecule has 0 spiro atoms. The van der Waals surface area contributed by atoms with Crippen molar-refractivity contribution < 1.29 is 5.11 Å². The molecule has 1 heterocycles. The van der Waals surface area contributed by atoms with Crippen LogP contribution in [-0.4, -0.2) is 5.11 Å². The summed E-state index contributed by atoms with van der Waals surface area (Å²) in [5.41, 5.74) is 1.14. The highest BCUT2D eigenvalue weighted by Gasteiger charge is 2.10. The SMILES string of the molecule is CCCCCCCCCC(O)c1ccsc1C. The van der Waals surface area contributed by atoms with Gasteiger partial charge < -0.3 is 5.11 Å². The number of unbranched alkanes of at least 4 members (excludes halogenated alkanes) is 6. The molecule has 0 fully saturated rings. The van der Waals surface area contributed by atoms with Crippen molar-refractivity contribution in [2.75, 3.05) is 0 Å². The number of hydrogen-bond acceptors (Lipinski definition) is 2. The molecular weight excluding hydrogens is 228 g/mol. The lowest BCUT2D eigenvalue weighted by molar-refractivity contribution is 0.163. The lowest BCUT2D eigenvalue weighted by atomic mass is 10.0. The van der Waals surface area contributed by atoms with Crippen molar-refractivity contribution in [3.05, 3.63) is 21.9 Å². The molecule has 1 atom stereocenters. The van der Waals surface area contributed by atoms with Crippen molar-refractivity contribution in [2.24, 2.45) is 0 Å². The van der Waals surface area contributed by atoms with E-state index in [2.05, 4.69) is 25.3 Å². The molecule has 1 nitrogen and oxygen atoms in total. The van der Waals surface area contributed by atoms with Crippen molar-refractivity contribution >= 4 is 11.3 Å². The van der Waals surface area contributed by atoms with Crippen LogP contribution in [-0.2, 0) is 0 Å². The van der Waals surface area contributed by atoms with Crippen LogP contribution in [0.4, 0.5) is 0 Å². The van der Waals surface area contributed by atoms with Crippen molar-refractivity contribution in [3.63, 3.8) is 0 Å². The van der Waals surface area contributed by atoms with Crippen molar-refractivity contribution in [2.45, 2.75) is 71.3 Å². The maximum absolute atomic E-state index is 10.0. The summed E-state index contributed by atoms with van der Waals surface area (Å²) in [7, 11) is 0. The second-order valence-electron chi connectivity index (χ2n) is 4.86. The topological polar surface area (TPSA) is 20.2 Å². The van der Waals surface area contributed by atoms with E-state index in [0.29, 0.717) is 0 Å². The van der Waals surface area contributed by atoms with Gasteiger partial charge in [0.1, 0.15) is 0 Å². The van der Waals surface area contributed by atoms with Crippen LogP contribution in [0.3, 0.4) is 0 Å². The molecular formula is C15H26OS. The van der Waals surface area contributed by atoms with Gasteiger partial charge in [-0.15, -0.1) is 11.3 Å². The molecule has 0 radical (unpaired) electrons. The molecule has 0 bridgehead atoms. The summed E-state index contributed by atoms with van der Waals surface area (Å²) in [6.45, 7) is 4.34. The molecule has 1 aromatic heterocycles. The average Bonchev–Trinajstić information content (AvgIpc) is 2.74. The number of aliphatic hydroxyl groups is 1. The first kappa shape index (κ1) is 14.7. The molecule has 2 heteroatoms. The highest BCUT2D eigenvalue weighted by atomic mass is 32.1. The predicted molar refractivity (Wildman–Crippen MR) is 76.6 cm³/mol. The van der Waals surface area contributed by atoms with Crippen molar-refractivity contribution in [1.82, 2.24) is 0 Å². The van der Waals surface area contributed by atoms with E-state index < -0.39 is 0 Å². The Balaban J connectivity index is 2.05. The number of thiophene rings is 1. The van der Waals surface area contributed by atoms with E-state index in [1.54, 1.807) is 11.3 Å². The van der Waals surface area contributed by atoms with Gasteiger partial charge in [-0.2, -0.15) is 0 Å². The van der Waals surface area contributed by atoms with Crippen LogP contribution in [0.25, 0.3) is 0 Å². The zero-order valence-electron chi connectivity index (χ0n) is 11.2. The molecule has 0 saturated carbocycles. The van der Waals surface area contributed by atoms with Crippen LogP contribution in [0.1, 0.15) is 74.8 Å². The Morgan fingerprint density at radius 3 is 2.35 bits per heavy atom. The third-order valence-electron chi connectivity index (χ3n) is 3.34. The first-order valence-corrected chi connectivity index (χ1v) is 7.85. The Kier molecular flexibility index (Phi) is 7.54. The quantitative estimate of drug-likeness (QED) is 0.598. The van der Waals surface area contributed by atoms with Crippen LogP contribution < -0.4 is 0 Å². The number of aliphatic hydroxyl groups excluding tert-OH is 1. The second-order valence-corrected chi connectivity index (χ2v) is 5.98. The van der Waals surface area contributed by atoms with E-state index in [4.69, 9.17) is 0 Å². The van der Waals surface area contributed by atoms with Crippen LogP contribution in [0.15, 0.2) is 11.4 Å². The molecule has 1 unspecified atom stereocenters. The highest BCUT2D eigenvalue weighted by Crippen LogP contribution is 2.26. The molecule has 0 aliphatic carbocycles. The van der Waals surface area contributed by atoms with Gasteiger partial charge in [-0.1, -0.05) is 51.9 Å². The Morgan fingerprint density at radius 2 is 1.76 bits per heavy atom. The second kappa shape index (κ2) is 8.71. The van der Waals surface area contributed by atoms with E-state index in [-0.39, 0.29) is 6.10 Å². The Bertz CT molecular complexity index is 293. The zero-order valence-corrected chi connectivity index (χ0v) is 12.1. The van der Waals surface area contributed by atoms with Crippen molar-refractivity contribution in [3.8, 4) is 0 Å². The summed E-state index contributed by atoms with van der Waals surface area (Å²) in [4.78, 5) is 1.26. The third kappa shape index (κ3) is 5.69. The molecule has 1 N–H and O–H groups in total. The standard InChI is InChI=1S/C15H26OS/c1-3-4-5-6-7-8-9-10-15(16)14-11-12-17-13(14)2/h11-12,15-16H,3-10H2,1-2H3. The molecule has 0 aliphatic heterocycles. The monoisotopic (exact) mass is 254 g/mol. The van der Waals surface area contributed by atoms with E-state index in [1.165, 1.54) is 43.4 Å². The molecule has 0 aliphatic rings. The molecule has 98 valence electrons. The third-order valence-corrected chi connectivity index (χ3v) is 4.20. The fraction of sp³-hybridized carbons (Fsp3) is 0.733. The molecule has 0 aromatic carbocycles. The maximum Gasteiger partial charge on any atom is 0.0800 e. The van der Waals surface area contributed by atoms with E-state index in [9.17, 15) is 5.11 Å². The first-order chi connectivity index (χ1) is 8.25. The van der Waals surface area contributed by atoms with Crippen LogP contribution >= 0.6 is 11.3 Å². The van der Waals surface area contributed by atoms with Gasteiger partial charge in [0.25, 0.3) is 0 Å².